The van der Waals surface area contributed by atoms with E-state index in [1.54, 1.807) is 6.07 Å². The number of methoxy groups -OCH3 is 1. The third-order valence-corrected chi connectivity index (χ3v) is 2.14. The van der Waals surface area contributed by atoms with Crippen molar-refractivity contribution in [2.45, 2.75) is 19.8 Å². The van der Waals surface area contributed by atoms with Crippen LogP contribution in [0.4, 0.5) is 8.78 Å². The van der Waals surface area contributed by atoms with E-state index in [9.17, 15) is 13.6 Å². The maximum absolute atomic E-state index is 12.7. The van der Waals surface area contributed by atoms with Crippen molar-refractivity contribution in [1.29, 1.82) is 5.26 Å². The molecular weight excluding hydrogens is 230 g/mol. The summed E-state index contributed by atoms with van der Waals surface area (Å²) < 4.78 is 29.8. The number of alkyl halides is 2. The molecule has 1 rings (SSSR count). The lowest BCUT2D eigenvalue weighted by atomic mass is 10.0. The van der Waals surface area contributed by atoms with Gasteiger partial charge >= 0.3 is 5.97 Å². The van der Waals surface area contributed by atoms with E-state index in [2.05, 4.69) is 9.72 Å². The summed E-state index contributed by atoms with van der Waals surface area (Å²) in [6, 6.07) is 2.79. The molecule has 90 valence electrons. The van der Waals surface area contributed by atoms with Crippen LogP contribution in [0.5, 0.6) is 0 Å². The molecule has 0 saturated heterocycles. The van der Waals surface area contributed by atoms with Crippen molar-refractivity contribution < 1.29 is 18.3 Å². The number of hydrogen-bond donors (Lipinski definition) is 0. The van der Waals surface area contributed by atoms with E-state index in [1.165, 1.54) is 14.0 Å². The van der Waals surface area contributed by atoms with Crippen LogP contribution in [-0.4, -0.2) is 18.1 Å². The van der Waals surface area contributed by atoms with Crippen LogP contribution >= 0.6 is 0 Å². The van der Waals surface area contributed by atoms with E-state index in [-0.39, 0.29) is 17.7 Å². The van der Waals surface area contributed by atoms with Crippen molar-refractivity contribution in [3.8, 4) is 6.07 Å². The van der Waals surface area contributed by atoms with Gasteiger partial charge in [-0.3, -0.25) is 9.78 Å². The maximum atomic E-state index is 12.7. The Hall–Kier alpha value is -2.03. The van der Waals surface area contributed by atoms with Crippen LogP contribution in [0.2, 0.25) is 0 Å². The van der Waals surface area contributed by atoms with Gasteiger partial charge < -0.3 is 4.74 Å². The summed E-state index contributed by atoms with van der Waals surface area (Å²) in [7, 11) is 1.18. The van der Waals surface area contributed by atoms with E-state index < -0.39 is 18.0 Å². The third-order valence-electron chi connectivity index (χ3n) is 2.14. The van der Waals surface area contributed by atoms with Gasteiger partial charge in [-0.15, -0.1) is 0 Å². The number of pyridine rings is 1. The van der Waals surface area contributed by atoms with E-state index in [0.717, 1.165) is 6.07 Å². The first-order chi connectivity index (χ1) is 7.99. The lowest BCUT2D eigenvalue weighted by Crippen LogP contribution is -2.10. The Morgan fingerprint density at radius 2 is 2.29 bits per heavy atom. The number of hydrogen-bond acceptors (Lipinski definition) is 4. The van der Waals surface area contributed by atoms with Crippen LogP contribution in [0, 0.1) is 18.3 Å². The Kier molecular flexibility index (Phi) is 4.10. The second-order valence-corrected chi connectivity index (χ2v) is 3.34. The van der Waals surface area contributed by atoms with Crippen molar-refractivity contribution in [1.82, 2.24) is 4.98 Å². The lowest BCUT2D eigenvalue weighted by Gasteiger charge is -2.08. The van der Waals surface area contributed by atoms with Crippen molar-refractivity contribution >= 4 is 5.97 Å². The minimum absolute atomic E-state index is 0.0228. The van der Waals surface area contributed by atoms with Crippen molar-refractivity contribution in [2.75, 3.05) is 7.11 Å². The van der Waals surface area contributed by atoms with E-state index in [0.29, 0.717) is 5.69 Å². The number of esters is 1. The number of carbonyl (C=O) groups is 1. The first kappa shape index (κ1) is 13.0. The SMILES string of the molecule is COC(=O)Cc1nc(C)cc(C(F)F)c1C#N. The van der Waals surface area contributed by atoms with Gasteiger partial charge in [0, 0.05) is 11.3 Å². The fourth-order valence-electron chi connectivity index (χ4n) is 1.40. The van der Waals surface area contributed by atoms with E-state index in [1.807, 2.05) is 0 Å². The molecule has 0 radical (unpaired) electrons. The highest BCUT2D eigenvalue weighted by Crippen LogP contribution is 2.25. The molecule has 4 nitrogen and oxygen atoms in total. The zero-order chi connectivity index (χ0) is 13.0. The summed E-state index contributed by atoms with van der Waals surface area (Å²) in [4.78, 5) is 15.0. The van der Waals surface area contributed by atoms with Crippen LogP contribution in [-0.2, 0) is 16.0 Å². The summed E-state index contributed by atoms with van der Waals surface area (Å²) in [5.41, 5.74) is -0.303. The Labute approximate surface area is 96.8 Å². The Bertz CT molecular complexity index is 481. The number of rotatable bonds is 3. The second-order valence-electron chi connectivity index (χ2n) is 3.34. The molecular formula is C11H10F2N2O2. The molecule has 0 unspecified atom stereocenters. The number of nitrogens with zero attached hydrogens (tertiary/aromatic N) is 2. The molecule has 0 aromatic carbocycles. The van der Waals surface area contributed by atoms with Crippen molar-refractivity contribution in [3.05, 3.63) is 28.6 Å². The summed E-state index contributed by atoms with van der Waals surface area (Å²) >= 11 is 0. The van der Waals surface area contributed by atoms with Crippen LogP contribution in [0.25, 0.3) is 0 Å². The molecule has 1 aromatic rings. The van der Waals surface area contributed by atoms with Gasteiger partial charge in [0.25, 0.3) is 6.43 Å². The van der Waals surface area contributed by atoms with Gasteiger partial charge in [-0.05, 0) is 13.0 Å². The lowest BCUT2D eigenvalue weighted by molar-refractivity contribution is -0.139. The molecule has 17 heavy (non-hydrogen) atoms. The van der Waals surface area contributed by atoms with E-state index in [4.69, 9.17) is 5.26 Å². The molecule has 6 heteroatoms. The number of aryl methyl sites for hydroxylation is 1. The molecule has 0 N–H and O–H groups in total. The third kappa shape index (κ3) is 2.97. The molecule has 0 saturated carbocycles. The summed E-state index contributed by atoms with van der Waals surface area (Å²) in [6.07, 6.45) is -3.07. The predicted octanol–water partition coefficient (Wildman–Crippen LogP) is 1.91. The molecule has 0 bridgehead atoms. The average Bonchev–Trinajstić information content (AvgIpc) is 2.28. The topological polar surface area (TPSA) is 63.0 Å². The normalized spacial score (nSPS) is 10.1. The molecule has 0 fully saturated rings. The Morgan fingerprint density at radius 3 is 2.76 bits per heavy atom. The minimum Gasteiger partial charge on any atom is -0.469 e. The standard InChI is InChI=1S/C11H10F2N2O2/c1-6-3-7(11(12)13)8(5-14)9(15-6)4-10(16)17-2/h3,11H,4H2,1-2H3. The molecule has 0 spiro atoms. The van der Waals surface area contributed by atoms with Crippen LogP contribution in [0.1, 0.15) is 28.9 Å². The largest absolute Gasteiger partial charge is 0.469 e. The molecule has 1 aromatic heterocycles. The van der Waals surface area contributed by atoms with Gasteiger partial charge in [-0.2, -0.15) is 5.26 Å². The summed E-state index contributed by atoms with van der Waals surface area (Å²) in [5, 5.41) is 8.85. The van der Waals surface area contributed by atoms with Crippen LogP contribution < -0.4 is 0 Å². The molecule has 0 amide bonds. The van der Waals surface area contributed by atoms with Crippen molar-refractivity contribution in [3.63, 3.8) is 0 Å². The number of ether oxygens (including phenoxy) is 1. The highest BCUT2D eigenvalue weighted by molar-refractivity contribution is 5.73. The molecule has 0 atom stereocenters. The van der Waals surface area contributed by atoms with Gasteiger partial charge in [-0.25, -0.2) is 8.78 Å². The van der Waals surface area contributed by atoms with Crippen LogP contribution in [0.3, 0.4) is 0 Å². The fraction of sp³-hybridized carbons (Fsp3) is 0.364. The minimum atomic E-state index is -2.78. The number of carbonyl (C=O) groups excluding carboxylic acids is 1. The van der Waals surface area contributed by atoms with E-state index >= 15 is 0 Å². The quantitative estimate of drug-likeness (QED) is 0.757. The molecule has 1 heterocycles. The molecule has 0 aliphatic carbocycles. The van der Waals surface area contributed by atoms with Gasteiger partial charge in [0.05, 0.1) is 24.8 Å². The summed E-state index contributed by atoms with van der Waals surface area (Å²) in [6.45, 7) is 1.52. The highest BCUT2D eigenvalue weighted by Gasteiger charge is 2.20. The fourth-order valence-corrected chi connectivity index (χ4v) is 1.40. The number of aromatic nitrogens is 1. The van der Waals surface area contributed by atoms with Gasteiger partial charge in [0.1, 0.15) is 6.07 Å². The van der Waals surface area contributed by atoms with Gasteiger partial charge in [0.15, 0.2) is 0 Å². The maximum Gasteiger partial charge on any atom is 0.311 e. The zero-order valence-electron chi connectivity index (χ0n) is 9.33. The Morgan fingerprint density at radius 1 is 1.65 bits per heavy atom. The molecule has 0 aliphatic rings. The monoisotopic (exact) mass is 240 g/mol. The number of halogens is 2. The van der Waals surface area contributed by atoms with Gasteiger partial charge in [0.2, 0.25) is 0 Å². The predicted molar refractivity (Wildman–Crippen MR) is 54.4 cm³/mol. The summed E-state index contributed by atoms with van der Waals surface area (Å²) in [5.74, 6) is -0.625. The first-order valence-electron chi connectivity index (χ1n) is 4.75. The second kappa shape index (κ2) is 5.34. The zero-order valence-corrected chi connectivity index (χ0v) is 9.33. The first-order valence-corrected chi connectivity index (χ1v) is 4.75. The van der Waals surface area contributed by atoms with Crippen molar-refractivity contribution in [2.24, 2.45) is 0 Å². The van der Waals surface area contributed by atoms with Gasteiger partial charge in [-0.1, -0.05) is 0 Å². The smallest absolute Gasteiger partial charge is 0.311 e. The number of nitriles is 1. The Balaban J connectivity index is 3.29. The van der Waals surface area contributed by atoms with Crippen LogP contribution in [0.15, 0.2) is 6.07 Å². The molecule has 0 aliphatic heterocycles. The highest BCUT2D eigenvalue weighted by atomic mass is 19.3. The average molecular weight is 240 g/mol.